The molecule has 32 heavy (non-hydrogen) atoms. The van der Waals surface area contributed by atoms with Crippen molar-refractivity contribution in [2.24, 2.45) is 16.8 Å². The normalized spacial score (nSPS) is 29.0. The quantitative estimate of drug-likeness (QED) is 0.776. The van der Waals surface area contributed by atoms with Crippen molar-refractivity contribution in [3.05, 3.63) is 29.5 Å². The van der Waals surface area contributed by atoms with Gasteiger partial charge in [0.05, 0.1) is 6.20 Å². The molecule has 1 N–H and O–H groups in total. The van der Waals surface area contributed by atoms with E-state index < -0.39 is 0 Å². The lowest BCUT2D eigenvalue weighted by molar-refractivity contribution is 0.0459. The van der Waals surface area contributed by atoms with Crippen molar-refractivity contribution in [1.29, 1.82) is 0 Å². The number of likely N-dealkylation sites (tertiary alicyclic amines) is 1. The predicted octanol–water partition coefficient (Wildman–Crippen LogP) is 1.96. The van der Waals surface area contributed by atoms with Crippen molar-refractivity contribution in [1.82, 2.24) is 29.8 Å². The van der Waals surface area contributed by atoms with Crippen molar-refractivity contribution in [3.8, 4) is 0 Å². The molecule has 2 amide bonds. The van der Waals surface area contributed by atoms with E-state index in [1.165, 1.54) is 24.1 Å². The summed E-state index contributed by atoms with van der Waals surface area (Å²) in [5.74, 6) is 2.30. The van der Waals surface area contributed by atoms with Crippen molar-refractivity contribution in [2.75, 3.05) is 33.0 Å². The smallest absolute Gasteiger partial charge is 0.329 e. The van der Waals surface area contributed by atoms with Crippen LogP contribution in [0.25, 0.3) is 0 Å². The van der Waals surface area contributed by atoms with E-state index in [4.69, 9.17) is 9.73 Å². The number of ether oxygens (including phenoxy) is 1. The Balaban J connectivity index is 1.16. The van der Waals surface area contributed by atoms with Crippen LogP contribution >= 0.6 is 0 Å². The molecule has 2 fully saturated rings. The van der Waals surface area contributed by atoms with Gasteiger partial charge in [-0.1, -0.05) is 6.92 Å². The number of fused-ring (bicyclic) bond motifs is 2. The number of hydrogen-bond acceptors (Lipinski definition) is 6. The van der Waals surface area contributed by atoms with Crippen LogP contribution in [0.1, 0.15) is 43.9 Å². The van der Waals surface area contributed by atoms with Crippen LogP contribution in [0.4, 0.5) is 4.79 Å². The van der Waals surface area contributed by atoms with E-state index in [-0.39, 0.29) is 11.9 Å². The zero-order valence-electron chi connectivity index (χ0n) is 18.9. The Labute approximate surface area is 189 Å². The minimum atomic E-state index is -0.0489. The Morgan fingerprint density at radius 1 is 1.22 bits per heavy atom. The first-order valence-corrected chi connectivity index (χ1v) is 12.1. The summed E-state index contributed by atoms with van der Waals surface area (Å²) in [5.41, 5.74) is 2.78. The maximum atomic E-state index is 12.9. The van der Waals surface area contributed by atoms with Crippen LogP contribution in [0, 0.1) is 11.8 Å². The van der Waals surface area contributed by atoms with E-state index in [0.29, 0.717) is 18.6 Å². The highest BCUT2D eigenvalue weighted by molar-refractivity contribution is 6.02. The highest BCUT2D eigenvalue weighted by Gasteiger charge is 2.40. The molecule has 0 aromatic carbocycles. The SMILES string of the molecule is CC1CN(Cc2cnn3c2CCCC3)CC1C1=NC2=CN(C3CCOCC3)CN2C(=O)N1. The van der Waals surface area contributed by atoms with E-state index in [1.807, 2.05) is 0 Å². The molecule has 0 saturated carbocycles. The minimum Gasteiger partial charge on any atom is -0.381 e. The maximum absolute atomic E-state index is 12.9. The van der Waals surface area contributed by atoms with E-state index in [2.05, 4.69) is 44.2 Å². The molecule has 2 saturated heterocycles. The molecular formula is C23H33N7O2. The second-order valence-corrected chi connectivity index (χ2v) is 9.92. The zero-order valence-corrected chi connectivity index (χ0v) is 18.9. The molecule has 1 aromatic rings. The number of aryl methyl sites for hydroxylation is 1. The molecule has 0 aliphatic carbocycles. The molecule has 0 spiro atoms. The van der Waals surface area contributed by atoms with Crippen LogP contribution in [0.2, 0.25) is 0 Å². The Morgan fingerprint density at radius 3 is 2.97 bits per heavy atom. The van der Waals surface area contributed by atoms with E-state index >= 15 is 0 Å². The minimum absolute atomic E-state index is 0.0489. The van der Waals surface area contributed by atoms with Gasteiger partial charge in [0.1, 0.15) is 12.5 Å². The van der Waals surface area contributed by atoms with Crippen LogP contribution in [-0.4, -0.2) is 75.4 Å². The molecule has 6 heterocycles. The summed E-state index contributed by atoms with van der Waals surface area (Å²) in [6.07, 6.45) is 9.77. The van der Waals surface area contributed by atoms with Crippen LogP contribution in [0.3, 0.4) is 0 Å². The number of carbonyl (C=O) groups excluding carboxylic acids is 1. The first-order chi connectivity index (χ1) is 15.7. The van der Waals surface area contributed by atoms with Crippen molar-refractivity contribution in [3.63, 3.8) is 0 Å². The number of urea groups is 1. The predicted molar refractivity (Wildman–Crippen MR) is 120 cm³/mol. The Bertz CT molecular complexity index is 948. The van der Waals surface area contributed by atoms with Gasteiger partial charge in [-0.3, -0.25) is 19.8 Å². The van der Waals surface area contributed by atoms with E-state index in [9.17, 15) is 4.79 Å². The van der Waals surface area contributed by atoms with Crippen molar-refractivity contribution >= 4 is 11.9 Å². The third-order valence-electron chi connectivity index (χ3n) is 7.74. The van der Waals surface area contributed by atoms with E-state index in [0.717, 1.165) is 70.3 Å². The monoisotopic (exact) mass is 439 g/mol. The van der Waals surface area contributed by atoms with Gasteiger partial charge in [-0.15, -0.1) is 0 Å². The van der Waals surface area contributed by atoms with Crippen molar-refractivity contribution < 1.29 is 9.53 Å². The number of carbonyl (C=O) groups is 1. The van der Waals surface area contributed by atoms with Crippen LogP contribution in [0.5, 0.6) is 0 Å². The fourth-order valence-corrected chi connectivity index (χ4v) is 5.90. The van der Waals surface area contributed by atoms with Gasteiger partial charge >= 0.3 is 6.03 Å². The standard InChI is InChI=1S/C23H33N7O2/c1-16-11-27(12-17-10-24-30-7-3-2-4-20(17)30)13-19(16)22-25-21-14-28(15-29(21)23(31)26-22)18-5-8-32-9-6-18/h10,14,16,18-19H,2-9,11-13,15H2,1H3,(H,25,26,31). The molecule has 2 unspecified atom stereocenters. The Morgan fingerprint density at radius 2 is 2.09 bits per heavy atom. The number of aliphatic imine (C=N–C) groups is 1. The summed E-state index contributed by atoms with van der Waals surface area (Å²) in [6.45, 7) is 8.36. The Kier molecular flexibility index (Phi) is 5.18. The largest absolute Gasteiger partial charge is 0.381 e. The maximum Gasteiger partial charge on any atom is 0.329 e. The fraction of sp³-hybridized carbons (Fsp3) is 0.696. The number of amides is 2. The first-order valence-electron chi connectivity index (χ1n) is 12.1. The Hall–Kier alpha value is -2.39. The highest BCUT2D eigenvalue weighted by atomic mass is 16.5. The van der Waals surface area contributed by atoms with Gasteiger partial charge in [-0.05, 0) is 38.0 Å². The van der Waals surface area contributed by atoms with Crippen LogP contribution in [-0.2, 0) is 24.2 Å². The molecular weight excluding hydrogens is 406 g/mol. The number of hydrogen-bond donors (Lipinski definition) is 1. The molecule has 6 rings (SSSR count). The van der Waals surface area contributed by atoms with Gasteiger partial charge in [0.25, 0.3) is 0 Å². The van der Waals surface area contributed by atoms with Crippen LogP contribution < -0.4 is 5.32 Å². The lowest BCUT2D eigenvalue weighted by Crippen LogP contribution is -2.50. The molecule has 0 bridgehead atoms. The second kappa shape index (κ2) is 8.19. The summed E-state index contributed by atoms with van der Waals surface area (Å²) >= 11 is 0. The van der Waals surface area contributed by atoms with Gasteiger partial charge in [-0.2, -0.15) is 5.10 Å². The van der Waals surface area contributed by atoms with Gasteiger partial charge in [-0.25, -0.2) is 9.79 Å². The third-order valence-corrected chi connectivity index (χ3v) is 7.74. The van der Waals surface area contributed by atoms with Crippen LogP contribution in [0.15, 0.2) is 23.2 Å². The number of rotatable bonds is 4. The fourth-order valence-electron chi connectivity index (χ4n) is 5.90. The molecule has 9 nitrogen and oxygen atoms in total. The van der Waals surface area contributed by atoms with Gasteiger partial charge in [0.15, 0.2) is 5.82 Å². The van der Waals surface area contributed by atoms with Gasteiger partial charge < -0.3 is 9.64 Å². The first kappa shape index (κ1) is 20.2. The van der Waals surface area contributed by atoms with Crippen molar-refractivity contribution in [2.45, 2.75) is 58.2 Å². The number of aromatic nitrogens is 2. The summed E-state index contributed by atoms with van der Waals surface area (Å²) < 4.78 is 7.68. The molecule has 5 aliphatic heterocycles. The average molecular weight is 440 g/mol. The molecule has 172 valence electrons. The molecule has 5 aliphatic rings. The average Bonchev–Trinajstić information content (AvgIpc) is 3.52. The molecule has 0 radical (unpaired) electrons. The number of nitrogens with zero attached hydrogens (tertiary/aromatic N) is 6. The van der Waals surface area contributed by atoms with E-state index in [1.54, 1.807) is 4.90 Å². The summed E-state index contributed by atoms with van der Waals surface area (Å²) in [7, 11) is 0. The summed E-state index contributed by atoms with van der Waals surface area (Å²) in [5, 5.41) is 7.72. The molecule has 1 aromatic heterocycles. The third kappa shape index (κ3) is 3.61. The molecule has 2 atom stereocenters. The topological polar surface area (TPSA) is 78.2 Å². The van der Waals surface area contributed by atoms with Gasteiger partial charge in [0.2, 0.25) is 0 Å². The summed E-state index contributed by atoms with van der Waals surface area (Å²) in [4.78, 5) is 24.3. The lowest BCUT2D eigenvalue weighted by atomic mass is 9.96. The second-order valence-electron chi connectivity index (χ2n) is 9.92. The van der Waals surface area contributed by atoms with Gasteiger partial charge in [0, 0.05) is 68.8 Å². The summed E-state index contributed by atoms with van der Waals surface area (Å²) in [6, 6.07) is 0.378. The lowest BCUT2D eigenvalue weighted by Gasteiger charge is -2.32. The highest BCUT2D eigenvalue weighted by Crippen LogP contribution is 2.31. The zero-order chi connectivity index (χ0) is 21.7. The number of nitrogens with one attached hydrogen (secondary N) is 1. The molecule has 9 heteroatoms. The number of amidine groups is 1.